The van der Waals surface area contributed by atoms with Gasteiger partial charge >= 0.3 is 11.8 Å². The molecule has 0 fully saturated rings. The Kier molecular flexibility index (Phi) is 5.74. The van der Waals surface area contributed by atoms with Crippen molar-refractivity contribution >= 4 is 23.2 Å². The van der Waals surface area contributed by atoms with Gasteiger partial charge in [0.15, 0.2) is 0 Å². The van der Waals surface area contributed by atoms with Gasteiger partial charge in [-0.2, -0.15) is 0 Å². The van der Waals surface area contributed by atoms with E-state index in [9.17, 15) is 9.59 Å². The SMILES string of the molecule is CCc1cccc(C)c1NC(=O)C(=O)Nc1ccccc1C(C)C. The van der Waals surface area contributed by atoms with Crippen molar-refractivity contribution in [3.63, 3.8) is 0 Å². The summed E-state index contributed by atoms with van der Waals surface area (Å²) in [5.41, 5.74) is 4.35. The van der Waals surface area contributed by atoms with E-state index in [0.29, 0.717) is 5.69 Å². The highest BCUT2D eigenvalue weighted by Crippen LogP contribution is 2.24. The predicted octanol–water partition coefficient (Wildman–Crippen LogP) is 4.26. The minimum atomic E-state index is -0.659. The van der Waals surface area contributed by atoms with Crippen molar-refractivity contribution in [2.75, 3.05) is 10.6 Å². The van der Waals surface area contributed by atoms with Gasteiger partial charge in [0, 0.05) is 11.4 Å². The van der Waals surface area contributed by atoms with Crippen LogP contribution >= 0.6 is 0 Å². The standard InChI is InChI=1S/C20H24N2O2/c1-5-15-10-8-9-14(4)18(15)22-20(24)19(23)21-17-12-7-6-11-16(17)13(2)3/h6-13H,5H2,1-4H3,(H,21,23)(H,22,24). The van der Waals surface area contributed by atoms with Crippen molar-refractivity contribution < 1.29 is 9.59 Å². The molecule has 2 aromatic rings. The second-order valence-corrected chi connectivity index (χ2v) is 6.11. The first kappa shape index (κ1) is 17.7. The Labute approximate surface area is 143 Å². The van der Waals surface area contributed by atoms with Crippen molar-refractivity contribution in [1.29, 1.82) is 0 Å². The van der Waals surface area contributed by atoms with E-state index >= 15 is 0 Å². The molecule has 0 heterocycles. The zero-order valence-corrected chi connectivity index (χ0v) is 14.6. The molecule has 2 aromatic carbocycles. The van der Waals surface area contributed by atoms with Crippen LogP contribution in [-0.2, 0) is 16.0 Å². The van der Waals surface area contributed by atoms with E-state index in [1.807, 2.05) is 70.2 Å². The summed E-state index contributed by atoms with van der Waals surface area (Å²) in [4.78, 5) is 24.6. The Balaban J connectivity index is 2.16. The third-order valence-corrected chi connectivity index (χ3v) is 4.02. The van der Waals surface area contributed by atoms with Crippen LogP contribution in [0.25, 0.3) is 0 Å². The predicted molar refractivity (Wildman–Crippen MR) is 98.3 cm³/mol. The molecule has 2 amide bonds. The third-order valence-electron chi connectivity index (χ3n) is 4.02. The fraction of sp³-hybridized carbons (Fsp3) is 0.300. The van der Waals surface area contributed by atoms with Crippen LogP contribution in [-0.4, -0.2) is 11.8 Å². The molecule has 0 unspecified atom stereocenters. The molecule has 4 heteroatoms. The number of hydrogen-bond acceptors (Lipinski definition) is 2. The summed E-state index contributed by atoms with van der Waals surface area (Å²) in [5, 5.41) is 5.47. The van der Waals surface area contributed by atoms with Crippen molar-refractivity contribution in [2.24, 2.45) is 0 Å². The van der Waals surface area contributed by atoms with Crippen LogP contribution in [0.15, 0.2) is 42.5 Å². The third kappa shape index (κ3) is 4.02. The lowest BCUT2D eigenvalue weighted by atomic mass is 10.0. The molecule has 0 saturated carbocycles. The Morgan fingerprint density at radius 1 is 0.958 bits per heavy atom. The molecule has 0 bridgehead atoms. The molecule has 24 heavy (non-hydrogen) atoms. The molecule has 0 atom stereocenters. The number of nitrogens with one attached hydrogen (secondary N) is 2. The van der Waals surface area contributed by atoms with Gasteiger partial charge in [-0.05, 0) is 42.0 Å². The lowest BCUT2D eigenvalue weighted by molar-refractivity contribution is -0.133. The van der Waals surface area contributed by atoms with Gasteiger partial charge in [-0.25, -0.2) is 0 Å². The van der Waals surface area contributed by atoms with Crippen LogP contribution in [0.3, 0.4) is 0 Å². The molecule has 2 N–H and O–H groups in total. The Morgan fingerprint density at radius 2 is 1.62 bits per heavy atom. The first-order valence-corrected chi connectivity index (χ1v) is 8.23. The molecular weight excluding hydrogens is 300 g/mol. The van der Waals surface area contributed by atoms with E-state index in [-0.39, 0.29) is 5.92 Å². The number of rotatable bonds is 4. The zero-order valence-electron chi connectivity index (χ0n) is 14.6. The summed E-state index contributed by atoms with van der Waals surface area (Å²) in [5.74, 6) is -1.06. The molecule has 0 aliphatic heterocycles. The number of amides is 2. The van der Waals surface area contributed by atoms with E-state index in [1.54, 1.807) is 0 Å². The molecule has 0 radical (unpaired) electrons. The summed E-state index contributed by atoms with van der Waals surface area (Å²) in [7, 11) is 0. The lowest BCUT2D eigenvalue weighted by Crippen LogP contribution is -2.30. The molecule has 2 rings (SSSR count). The zero-order chi connectivity index (χ0) is 17.7. The van der Waals surface area contributed by atoms with Crippen LogP contribution in [0, 0.1) is 6.92 Å². The minimum absolute atomic E-state index is 0.257. The van der Waals surface area contributed by atoms with Gasteiger partial charge in [0.1, 0.15) is 0 Å². The van der Waals surface area contributed by atoms with Gasteiger partial charge in [-0.1, -0.05) is 57.2 Å². The summed E-state index contributed by atoms with van der Waals surface area (Å²) in [6.45, 7) is 8.03. The van der Waals surface area contributed by atoms with E-state index in [0.717, 1.165) is 28.8 Å². The molecule has 4 nitrogen and oxygen atoms in total. The lowest BCUT2D eigenvalue weighted by Gasteiger charge is -2.15. The smallest absolute Gasteiger partial charge is 0.314 e. The average Bonchev–Trinajstić information content (AvgIpc) is 2.56. The Morgan fingerprint density at radius 3 is 2.29 bits per heavy atom. The van der Waals surface area contributed by atoms with E-state index in [4.69, 9.17) is 0 Å². The van der Waals surface area contributed by atoms with Crippen LogP contribution in [0.5, 0.6) is 0 Å². The second kappa shape index (κ2) is 7.77. The first-order valence-electron chi connectivity index (χ1n) is 8.23. The van der Waals surface area contributed by atoms with Crippen molar-refractivity contribution in [3.8, 4) is 0 Å². The number of aryl methyl sites for hydroxylation is 2. The van der Waals surface area contributed by atoms with Crippen LogP contribution in [0.2, 0.25) is 0 Å². The highest BCUT2D eigenvalue weighted by Gasteiger charge is 2.18. The molecule has 0 aromatic heterocycles. The summed E-state index contributed by atoms with van der Waals surface area (Å²) < 4.78 is 0. The Hall–Kier alpha value is -2.62. The van der Waals surface area contributed by atoms with Crippen LogP contribution in [0.4, 0.5) is 11.4 Å². The summed E-state index contributed by atoms with van der Waals surface area (Å²) in [6, 6.07) is 13.3. The largest absolute Gasteiger partial charge is 0.318 e. The maximum absolute atomic E-state index is 12.3. The highest BCUT2D eigenvalue weighted by molar-refractivity contribution is 6.43. The molecule has 0 spiro atoms. The van der Waals surface area contributed by atoms with Crippen molar-refractivity contribution in [3.05, 3.63) is 59.2 Å². The van der Waals surface area contributed by atoms with Crippen molar-refractivity contribution in [2.45, 2.75) is 40.0 Å². The highest BCUT2D eigenvalue weighted by atomic mass is 16.2. The van der Waals surface area contributed by atoms with Gasteiger partial charge < -0.3 is 10.6 Å². The van der Waals surface area contributed by atoms with E-state index in [2.05, 4.69) is 10.6 Å². The number of anilines is 2. The fourth-order valence-electron chi connectivity index (χ4n) is 2.67. The van der Waals surface area contributed by atoms with Gasteiger partial charge in [0.05, 0.1) is 0 Å². The number of carbonyl (C=O) groups excluding carboxylic acids is 2. The van der Waals surface area contributed by atoms with Gasteiger partial charge in [-0.3, -0.25) is 9.59 Å². The molecule has 0 aliphatic rings. The van der Waals surface area contributed by atoms with Crippen molar-refractivity contribution in [1.82, 2.24) is 0 Å². The van der Waals surface area contributed by atoms with Gasteiger partial charge in [0.25, 0.3) is 0 Å². The average molecular weight is 324 g/mol. The topological polar surface area (TPSA) is 58.2 Å². The molecular formula is C20H24N2O2. The van der Waals surface area contributed by atoms with Crippen LogP contribution in [0.1, 0.15) is 43.4 Å². The monoisotopic (exact) mass is 324 g/mol. The van der Waals surface area contributed by atoms with Gasteiger partial charge in [0.2, 0.25) is 0 Å². The van der Waals surface area contributed by atoms with Gasteiger partial charge in [-0.15, -0.1) is 0 Å². The quantitative estimate of drug-likeness (QED) is 0.826. The minimum Gasteiger partial charge on any atom is -0.318 e. The number of carbonyl (C=O) groups is 2. The van der Waals surface area contributed by atoms with E-state index in [1.165, 1.54) is 0 Å². The summed E-state index contributed by atoms with van der Waals surface area (Å²) >= 11 is 0. The summed E-state index contributed by atoms with van der Waals surface area (Å²) in [6.07, 6.45) is 0.787. The maximum atomic E-state index is 12.3. The second-order valence-electron chi connectivity index (χ2n) is 6.11. The number of benzene rings is 2. The normalized spacial score (nSPS) is 10.5. The first-order chi connectivity index (χ1) is 11.4. The number of para-hydroxylation sites is 2. The fourth-order valence-corrected chi connectivity index (χ4v) is 2.67. The van der Waals surface area contributed by atoms with E-state index < -0.39 is 11.8 Å². The molecule has 0 saturated heterocycles. The maximum Gasteiger partial charge on any atom is 0.314 e. The molecule has 126 valence electrons. The molecule has 0 aliphatic carbocycles. The van der Waals surface area contributed by atoms with Crippen LogP contribution < -0.4 is 10.6 Å². The Bertz CT molecular complexity index is 751. The number of hydrogen-bond donors (Lipinski definition) is 2.